The van der Waals surface area contributed by atoms with E-state index in [0.29, 0.717) is 41.8 Å². The zero-order valence-corrected chi connectivity index (χ0v) is 22.5. The van der Waals surface area contributed by atoms with E-state index in [4.69, 9.17) is 20.9 Å². The zero-order chi connectivity index (χ0) is 28.4. The smallest absolute Gasteiger partial charge is 0.417 e. The van der Waals surface area contributed by atoms with Gasteiger partial charge in [0.05, 0.1) is 5.56 Å². The third-order valence-corrected chi connectivity index (χ3v) is 7.38. The summed E-state index contributed by atoms with van der Waals surface area (Å²) < 4.78 is 50.0. The highest BCUT2D eigenvalue weighted by atomic mass is 35.5. The number of pyridine rings is 1. The molecule has 5 rings (SSSR count). The first-order valence-corrected chi connectivity index (χ1v) is 13.1. The molecule has 2 aromatic carbocycles. The van der Waals surface area contributed by atoms with Crippen LogP contribution >= 0.6 is 11.6 Å². The Morgan fingerprint density at radius 1 is 1.10 bits per heavy atom. The summed E-state index contributed by atoms with van der Waals surface area (Å²) in [5, 5.41) is 4.39. The molecule has 3 atom stereocenters. The molecule has 3 heterocycles. The molecule has 3 unspecified atom stereocenters. The van der Waals surface area contributed by atoms with E-state index in [-0.39, 0.29) is 29.7 Å². The number of rotatable bonds is 6. The van der Waals surface area contributed by atoms with Gasteiger partial charge in [0.15, 0.2) is 5.82 Å². The molecule has 208 valence electrons. The second-order valence-electron chi connectivity index (χ2n) is 9.79. The van der Waals surface area contributed by atoms with Crippen LogP contribution in [0, 0.1) is 12.8 Å². The molecule has 0 N–H and O–H groups in total. The number of likely N-dealkylation sites (tertiary alicyclic amines) is 1. The number of carbonyl (C=O) groups is 1. The van der Waals surface area contributed by atoms with Gasteiger partial charge in [0.25, 0.3) is 11.8 Å². The van der Waals surface area contributed by atoms with Crippen molar-refractivity contribution in [2.45, 2.75) is 38.5 Å². The van der Waals surface area contributed by atoms with Crippen LogP contribution in [0.1, 0.15) is 46.6 Å². The number of benzene rings is 2. The maximum absolute atomic E-state index is 13.5. The molecule has 0 radical (unpaired) electrons. The number of aryl methyl sites for hydroxylation is 1. The minimum absolute atomic E-state index is 0.0301. The summed E-state index contributed by atoms with van der Waals surface area (Å²) in [6.45, 7) is 4.54. The summed E-state index contributed by atoms with van der Waals surface area (Å²) in [7, 11) is 0. The Morgan fingerprint density at radius 2 is 1.82 bits per heavy atom. The average Bonchev–Trinajstić information content (AvgIpc) is 3.39. The number of aromatic nitrogens is 3. The van der Waals surface area contributed by atoms with Crippen molar-refractivity contribution in [3.05, 3.63) is 94.4 Å². The van der Waals surface area contributed by atoms with Crippen molar-refractivity contribution in [2.24, 2.45) is 5.92 Å². The molecule has 4 aromatic rings. The van der Waals surface area contributed by atoms with E-state index < -0.39 is 11.7 Å². The Labute approximate surface area is 233 Å². The first kappa shape index (κ1) is 27.6. The standard InChI is InChI=1S/C29H26ClF3N4O3/c1-17(39-26-12-9-22(15-34-26)29(31,32)33)24-13-14-37(16-25(24)19-7-10-23(30)11-8-19)28(38)21-5-3-20(4-6-21)27-35-18(2)36-40-27/h3-12,15,17,24-25H,13-14,16H2,1-2H3. The van der Waals surface area contributed by atoms with Gasteiger partial charge < -0.3 is 14.2 Å². The lowest BCUT2D eigenvalue weighted by Gasteiger charge is -2.41. The summed E-state index contributed by atoms with van der Waals surface area (Å²) in [6.07, 6.45) is -3.45. The predicted molar refractivity (Wildman–Crippen MR) is 142 cm³/mol. The van der Waals surface area contributed by atoms with Crippen molar-refractivity contribution in [3.8, 4) is 17.3 Å². The van der Waals surface area contributed by atoms with E-state index in [1.165, 1.54) is 6.07 Å². The SMILES string of the molecule is Cc1noc(-c2ccc(C(=O)N3CCC(C(C)Oc4ccc(C(F)(F)F)cn4)C(c4ccc(Cl)cc4)C3)cc2)n1. The van der Waals surface area contributed by atoms with Crippen LogP contribution in [0.25, 0.3) is 11.5 Å². The molecule has 1 fully saturated rings. The van der Waals surface area contributed by atoms with E-state index in [1.54, 1.807) is 43.3 Å². The van der Waals surface area contributed by atoms with Crippen molar-refractivity contribution < 1.29 is 27.2 Å². The van der Waals surface area contributed by atoms with Crippen LogP contribution < -0.4 is 4.74 Å². The lowest BCUT2D eigenvalue weighted by Crippen LogP contribution is -2.46. The summed E-state index contributed by atoms with van der Waals surface area (Å²) in [4.78, 5) is 23.4. The molecule has 0 aliphatic carbocycles. The fourth-order valence-electron chi connectivity index (χ4n) is 5.03. The maximum atomic E-state index is 13.5. The second kappa shape index (κ2) is 11.3. The lowest BCUT2D eigenvalue weighted by molar-refractivity contribution is -0.137. The number of piperidine rings is 1. The van der Waals surface area contributed by atoms with Crippen LogP contribution in [-0.2, 0) is 6.18 Å². The van der Waals surface area contributed by atoms with Gasteiger partial charge in [0.1, 0.15) is 6.10 Å². The molecule has 0 spiro atoms. The zero-order valence-electron chi connectivity index (χ0n) is 21.7. The van der Waals surface area contributed by atoms with Gasteiger partial charge in [0.2, 0.25) is 5.88 Å². The molecule has 40 heavy (non-hydrogen) atoms. The number of hydrogen-bond donors (Lipinski definition) is 0. The van der Waals surface area contributed by atoms with Crippen molar-refractivity contribution in [3.63, 3.8) is 0 Å². The van der Waals surface area contributed by atoms with Gasteiger partial charge in [-0.2, -0.15) is 18.2 Å². The molecule has 1 saturated heterocycles. The largest absolute Gasteiger partial charge is 0.474 e. The molecule has 1 aliphatic rings. The van der Waals surface area contributed by atoms with Crippen molar-refractivity contribution in [1.82, 2.24) is 20.0 Å². The Hall–Kier alpha value is -3.92. The van der Waals surface area contributed by atoms with Gasteiger partial charge >= 0.3 is 6.18 Å². The number of halogens is 4. The van der Waals surface area contributed by atoms with E-state index in [9.17, 15) is 18.0 Å². The summed E-state index contributed by atoms with van der Waals surface area (Å²) in [5.41, 5.74) is 1.41. The van der Waals surface area contributed by atoms with E-state index in [2.05, 4.69) is 15.1 Å². The number of carbonyl (C=O) groups excluding carboxylic acids is 1. The Morgan fingerprint density at radius 3 is 2.42 bits per heavy atom. The summed E-state index contributed by atoms with van der Waals surface area (Å²) in [5.74, 6) is 0.793. The molecule has 1 amide bonds. The van der Waals surface area contributed by atoms with Gasteiger partial charge in [-0.1, -0.05) is 28.9 Å². The van der Waals surface area contributed by atoms with Crippen LogP contribution in [0.15, 0.2) is 71.4 Å². The van der Waals surface area contributed by atoms with Crippen LogP contribution in [0.2, 0.25) is 5.02 Å². The number of alkyl halides is 3. The molecule has 11 heteroatoms. The number of nitrogens with zero attached hydrogens (tertiary/aromatic N) is 4. The summed E-state index contributed by atoms with van der Waals surface area (Å²) >= 11 is 6.13. The second-order valence-corrected chi connectivity index (χ2v) is 10.2. The third kappa shape index (κ3) is 6.12. The monoisotopic (exact) mass is 570 g/mol. The van der Waals surface area contributed by atoms with E-state index in [1.807, 2.05) is 24.0 Å². The van der Waals surface area contributed by atoms with Gasteiger partial charge in [-0.15, -0.1) is 0 Å². The quantitative estimate of drug-likeness (QED) is 0.253. The van der Waals surface area contributed by atoms with Gasteiger partial charge in [-0.3, -0.25) is 4.79 Å². The molecule has 0 bridgehead atoms. The molecule has 7 nitrogen and oxygen atoms in total. The highest BCUT2D eigenvalue weighted by Gasteiger charge is 2.37. The fraction of sp³-hybridized carbons (Fsp3) is 0.310. The van der Waals surface area contributed by atoms with Gasteiger partial charge in [-0.25, -0.2) is 4.98 Å². The van der Waals surface area contributed by atoms with Crippen LogP contribution in [0.3, 0.4) is 0 Å². The normalized spacial score (nSPS) is 18.4. The van der Waals surface area contributed by atoms with Crippen LogP contribution in [-0.4, -0.2) is 45.1 Å². The minimum Gasteiger partial charge on any atom is -0.474 e. The lowest BCUT2D eigenvalue weighted by atomic mass is 9.77. The maximum Gasteiger partial charge on any atom is 0.417 e. The third-order valence-electron chi connectivity index (χ3n) is 7.13. The summed E-state index contributed by atoms with van der Waals surface area (Å²) in [6, 6.07) is 16.7. The first-order chi connectivity index (χ1) is 19.1. The minimum atomic E-state index is -4.47. The van der Waals surface area contributed by atoms with Crippen LogP contribution in [0.4, 0.5) is 13.2 Å². The van der Waals surface area contributed by atoms with Crippen LogP contribution in [0.5, 0.6) is 5.88 Å². The van der Waals surface area contributed by atoms with Gasteiger partial charge in [-0.05, 0) is 68.3 Å². The molecule has 0 saturated carbocycles. The highest BCUT2D eigenvalue weighted by molar-refractivity contribution is 6.30. The van der Waals surface area contributed by atoms with Crippen molar-refractivity contribution in [2.75, 3.05) is 13.1 Å². The Balaban J connectivity index is 1.33. The predicted octanol–water partition coefficient (Wildman–Crippen LogP) is 6.83. The molecular formula is C29H26ClF3N4O3. The number of ether oxygens (including phenoxy) is 1. The van der Waals surface area contributed by atoms with E-state index >= 15 is 0 Å². The van der Waals surface area contributed by atoms with Crippen molar-refractivity contribution >= 4 is 17.5 Å². The fourth-order valence-corrected chi connectivity index (χ4v) is 5.15. The average molecular weight is 571 g/mol. The molecular weight excluding hydrogens is 545 g/mol. The highest BCUT2D eigenvalue weighted by Crippen LogP contribution is 2.37. The van der Waals surface area contributed by atoms with Crippen molar-refractivity contribution in [1.29, 1.82) is 0 Å². The topological polar surface area (TPSA) is 81.4 Å². The number of amides is 1. The van der Waals surface area contributed by atoms with Gasteiger partial charge in [0, 0.05) is 53.3 Å². The molecule has 1 aliphatic heterocycles. The Kier molecular flexibility index (Phi) is 7.80. The molecule has 2 aromatic heterocycles. The first-order valence-electron chi connectivity index (χ1n) is 12.7. The number of hydrogen-bond acceptors (Lipinski definition) is 6. The Bertz CT molecular complexity index is 1460. The van der Waals surface area contributed by atoms with E-state index in [0.717, 1.165) is 23.4 Å².